The van der Waals surface area contributed by atoms with Crippen LogP contribution >= 0.6 is 0 Å². The van der Waals surface area contributed by atoms with Gasteiger partial charge in [0.1, 0.15) is 5.82 Å². The van der Waals surface area contributed by atoms with Crippen LogP contribution < -0.4 is 15.9 Å². The van der Waals surface area contributed by atoms with Crippen molar-refractivity contribution in [2.75, 3.05) is 24.3 Å². The Morgan fingerprint density at radius 2 is 1.83 bits per heavy atom. The van der Waals surface area contributed by atoms with Crippen LogP contribution in [0.4, 0.5) is 11.5 Å². The zero-order valence-corrected chi connectivity index (χ0v) is 17.7. The van der Waals surface area contributed by atoms with Crippen molar-refractivity contribution in [1.82, 2.24) is 19.1 Å². The van der Waals surface area contributed by atoms with Crippen molar-refractivity contribution in [2.24, 2.45) is 18.9 Å². The topological polar surface area (TPSA) is 85.1 Å². The summed E-state index contributed by atoms with van der Waals surface area (Å²) in [5.41, 5.74) is 2.32. The molecule has 0 spiro atoms. The van der Waals surface area contributed by atoms with Gasteiger partial charge >= 0.3 is 5.69 Å². The number of imidazole rings is 1. The van der Waals surface area contributed by atoms with E-state index in [1.807, 2.05) is 31.1 Å². The van der Waals surface area contributed by atoms with Crippen LogP contribution in [0.2, 0.25) is 0 Å². The summed E-state index contributed by atoms with van der Waals surface area (Å²) in [5, 5.41) is 2.98. The molecule has 1 N–H and O–H groups in total. The number of hydrogen-bond donors (Lipinski definition) is 1. The van der Waals surface area contributed by atoms with Crippen LogP contribution in [-0.2, 0) is 18.4 Å². The molecule has 3 heterocycles. The predicted molar refractivity (Wildman–Crippen MR) is 118 cm³/mol. The van der Waals surface area contributed by atoms with Crippen molar-refractivity contribution in [2.45, 2.75) is 32.2 Å². The average Bonchev–Trinajstić information content (AvgIpc) is 2.99. The van der Waals surface area contributed by atoms with Crippen LogP contribution in [0.3, 0.4) is 0 Å². The molecule has 3 aromatic rings. The number of rotatable bonds is 5. The minimum absolute atomic E-state index is 0.0112. The summed E-state index contributed by atoms with van der Waals surface area (Å²) in [6.07, 6.45) is 6.85. The van der Waals surface area contributed by atoms with Gasteiger partial charge in [0.25, 0.3) is 0 Å². The summed E-state index contributed by atoms with van der Waals surface area (Å²) >= 11 is 0. The van der Waals surface area contributed by atoms with Gasteiger partial charge in [-0.3, -0.25) is 18.9 Å². The monoisotopic (exact) mass is 408 g/mol. The summed E-state index contributed by atoms with van der Waals surface area (Å²) in [7, 11) is 5.67. The molecule has 158 valence electrons. The smallest absolute Gasteiger partial charge is 0.330 e. The Morgan fingerprint density at radius 1 is 1.13 bits per heavy atom. The Balaban J connectivity index is 1.44. The lowest BCUT2D eigenvalue weighted by atomic mass is 9.81. The molecule has 1 amide bonds. The zero-order chi connectivity index (χ0) is 21.3. The lowest BCUT2D eigenvalue weighted by Crippen LogP contribution is -2.31. The first-order valence-corrected chi connectivity index (χ1v) is 10.4. The second kappa shape index (κ2) is 8.30. The molecular formula is C22H28N6O2. The van der Waals surface area contributed by atoms with Gasteiger partial charge < -0.3 is 10.2 Å². The third-order valence-electron chi connectivity index (χ3n) is 6.04. The molecule has 0 aliphatic heterocycles. The Hall–Kier alpha value is -3.16. The van der Waals surface area contributed by atoms with E-state index in [0.29, 0.717) is 12.5 Å². The van der Waals surface area contributed by atoms with E-state index in [4.69, 9.17) is 4.98 Å². The largest absolute Gasteiger partial charge is 0.363 e. The highest BCUT2D eigenvalue weighted by atomic mass is 16.2. The number of hydrogen-bond acceptors (Lipinski definition) is 5. The van der Waals surface area contributed by atoms with Crippen LogP contribution in [0.5, 0.6) is 0 Å². The maximum atomic E-state index is 12.8. The van der Waals surface area contributed by atoms with Gasteiger partial charge in [-0.25, -0.2) is 9.78 Å². The number of aryl methyl sites for hydroxylation is 1. The molecule has 3 aromatic heterocycles. The number of nitrogens with one attached hydrogen (secondary N) is 1. The number of anilines is 2. The average molecular weight is 409 g/mol. The maximum Gasteiger partial charge on any atom is 0.330 e. The number of carbonyl (C=O) groups excluding carboxylic acids is 1. The summed E-state index contributed by atoms with van der Waals surface area (Å²) in [4.78, 5) is 36.0. The SMILES string of the molecule is CN(C)c1ccc2c(n1)n(CC1CCC(C(=O)Nc3ccncc3)CC1)c(=O)n2C. The van der Waals surface area contributed by atoms with E-state index in [0.717, 1.165) is 48.4 Å². The molecule has 0 aromatic carbocycles. The third kappa shape index (κ3) is 3.94. The fourth-order valence-electron chi connectivity index (χ4n) is 4.22. The number of carbonyl (C=O) groups is 1. The summed E-state index contributed by atoms with van der Waals surface area (Å²) < 4.78 is 3.46. The Morgan fingerprint density at radius 3 is 2.50 bits per heavy atom. The quantitative estimate of drug-likeness (QED) is 0.702. The van der Waals surface area contributed by atoms with Gasteiger partial charge in [0.05, 0.1) is 5.52 Å². The minimum Gasteiger partial charge on any atom is -0.363 e. The van der Waals surface area contributed by atoms with E-state index in [2.05, 4.69) is 10.3 Å². The van der Waals surface area contributed by atoms with E-state index < -0.39 is 0 Å². The minimum atomic E-state index is -0.0361. The molecule has 0 saturated heterocycles. The van der Waals surface area contributed by atoms with E-state index >= 15 is 0 Å². The first-order chi connectivity index (χ1) is 14.4. The fraction of sp³-hybridized carbons (Fsp3) is 0.455. The molecule has 0 atom stereocenters. The lowest BCUT2D eigenvalue weighted by molar-refractivity contribution is -0.121. The van der Waals surface area contributed by atoms with Gasteiger partial charge in [-0.05, 0) is 55.9 Å². The molecule has 4 rings (SSSR count). The predicted octanol–water partition coefficient (Wildman–Crippen LogP) is 2.64. The summed E-state index contributed by atoms with van der Waals surface area (Å²) in [5.74, 6) is 1.28. The molecule has 0 bridgehead atoms. The Bertz CT molecular complexity index is 1090. The van der Waals surface area contributed by atoms with Crippen LogP contribution in [0.1, 0.15) is 25.7 Å². The van der Waals surface area contributed by atoms with Crippen LogP contribution in [0.15, 0.2) is 41.5 Å². The molecule has 1 saturated carbocycles. The Labute approximate surface area is 175 Å². The van der Waals surface area contributed by atoms with Crippen molar-refractivity contribution in [3.63, 3.8) is 0 Å². The standard InChI is InChI=1S/C22H28N6O2/c1-26(2)19-9-8-18-20(25-19)28(22(30)27(18)3)14-15-4-6-16(7-5-15)21(29)24-17-10-12-23-13-11-17/h8-13,15-16H,4-7,14H2,1-3H3,(H,23,24,29). The normalized spacial score (nSPS) is 19.0. The van der Waals surface area contributed by atoms with Crippen LogP contribution in [0.25, 0.3) is 11.2 Å². The number of nitrogens with zero attached hydrogens (tertiary/aromatic N) is 5. The number of pyridine rings is 2. The van der Waals surface area contributed by atoms with Gasteiger partial charge in [-0.2, -0.15) is 0 Å². The molecule has 30 heavy (non-hydrogen) atoms. The van der Waals surface area contributed by atoms with Crippen molar-refractivity contribution >= 4 is 28.6 Å². The van der Waals surface area contributed by atoms with E-state index in [1.165, 1.54) is 0 Å². The van der Waals surface area contributed by atoms with E-state index in [1.54, 1.807) is 40.7 Å². The first kappa shape index (κ1) is 20.1. The van der Waals surface area contributed by atoms with E-state index in [-0.39, 0.29) is 17.5 Å². The molecule has 0 unspecified atom stereocenters. The van der Waals surface area contributed by atoms with Gasteiger partial charge in [0.15, 0.2) is 5.65 Å². The van der Waals surface area contributed by atoms with Gasteiger partial charge in [0.2, 0.25) is 5.91 Å². The zero-order valence-electron chi connectivity index (χ0n) is 17.7. The fourth-order valence-corrected chi connectivity index (χ4v) is 4.22. The van der Waals surface area contributed by atoms with Crippen molar-refractivity contribution in [3.05, 3.63) is 47.1 Å². The number of aromatic nitrogens is 4. The second-order valence-electron chi connectivity index (χ2n) is 8.30. The van der Waals surface area contributed by atoms with Gasteiger partial charge in [-0.1, -0.05) is 0 Å². The van der Waals surface area contributed by atoms with Crippen LogP contribution in [-0.4, -0.2) is 39.1 Å². The number of fused-ring (bicyclic) bond motifs is 1. The highest BCUT2D eigenvalue weighted by Gasteiger charge is 2.27. The van der Waals surface area contributed by atoms with Crippen LogP contribution in [0, 0.1) is 11.8 Å². The van der Waals surface area contributed by atoms with Crippen molar-refractivity contribution in [1.29, 1.82) is 0 Å². The second-order valence-corrected chi connectivity index (χ2v) is 8.30. The molecule has 1 fully saturated rings. The summed E-state index contributed by atoms with van der Waals surface area (Å²) in [6, 6.07) is 7.48. The first-order valence-electron chi connectivity index (χ1n) is 10.4. The van der Waals surface area contributed by atoms with Gasteiger partial charge in [-0.15, -0.1) is 0 Å². The number of amides is 1. The molecular weight excluding hydrogens is 380 g/mol. The lowest BCUT2D eigenvalue weighted by Gasteiger charge is -2.28. The molecule has 1 aliphatic carbocycles. The highest BCUT2D eigenvalue weighted by Crippen LogP contribution is 2.31. The Kier molecular flexibility index (Phi) is 5.57. The van der Waals surface area contributed by atoms with E-state index in [9.17, 15) is 9.59 Å². The van der Waals surface area contributed by atoms with Gasteiger partial charge in [0, 0.05) is 51.7 Å². The summed E-state index contributed by atoms with van der Waals surface area (Å²) in [6.45, 7) is 0.638. The molecule has 8 nitrogen and oxygen atoms in total. The van der Waals surface area contributed by atoms with Crippen molar-refractivity contribution < 1.29 is 4.79 Å². The molecule has 1 aliphatic rings. The third-order valence-corrected chi connectivity index (χ3v) is 6.04. The molecule has 0 radical (unpaired) electrons. The highest BCUT2D eigenvalue weighted by molar-refractivity contribution is 5.92. The van der Waals surface area contributed by atoms with Crippen molar-refractivity contribution in [3.8, 4) is 0 Å². The maximum absolute atomic E-state index is 12.8. The molecule has 8 heteroatoms.